The first-order chi connectivity index (χ1) is 17.9. The van der Waals surface area contributed by atoms with E-state index in [2.05, 4.69) is 106 Å². The van der Waals surface area contributed by atoms with Crippen molar-refractivity contribution < 1.29 is 9.47 Å². The maximum atomic E-state index is 6.00. The van der Waals surface area contributed by atoms with Crippen LogP contribution in [0.25, 0.3) is 0 Å². The van der Waals surface area contributed by atoms with E-state index in [0.717, 1.165) is 48.9 Å². The van der Waals surface area contributed by atoms with Gasteiger partial charge in [0, 0.05) is 0 Å². The van der Waals surface area contributed by atoms with Crippen LogP contribution in [0.4, 0.5) is 17.1 Å². The average molecular weight is 608 g/mol. The van der Waals surface area contributed by atoms with Gasteiger partial charge in [0.2, 0.25) is 0 Å². The minimum atomic E-state index is -2.12. The summed E-state index contributed by atoms with van der Waals surface area (Å²) in [7, 11) is 0. The molecule has 3 aromatic rings. The molecule has 0 atom stereocenters. The summed E-state index contributed by atoms with van der Waals surface area (Å²) in [6, 6.07) is 26.2. The van der Waals surface area contributed by atoms with Crippen molar-refractivity contribution in [3.05, 3.63) is 72.8 Å². The van der Waals surface area contributed by atoms with Gasteiger partial charge in [-0.2, -0.15) is 0 Å². The predicted molar refractivity (Wildman–Crippen MR) is 163 cm³/mol. The number of nitrogens with zero attached hydrogens (tertiary/aromatic N) is 1. The van der Waals surface area contributed by atoms with Crippen LogP contribution in [0.2, 0.25) is 14.8 Å². The Morgan fingerprint density at radius 1 is 0.514 bits per heavy atom. The SMILES string of the molecule is CCCCCCOc1ccc(N(c2ccc(OCCCCCC)cc2)c2cc[c]([Sn]([CH3])([CH3])[CH3])cc2)cc1. The number of hydrogen-bond acceptors (Lipinski definition) is 3. The molecule has 3 rings (SSSR count). The molecule has 0 bridgehead atoms. The molecule has 0 radical (unpaired) electrons. The van der Waals surface area contributed by atoms with Crippen molar-refractivity contribution in [3.63, 3.8) is 0 Å². The van der Waals surface area contributed by atoms with E-state index in [9.17, 15) is 0 Å². The molecule has 0 aromatic heterocycles. The third-order valence-electron chi connectivity index (χ3n) is 6.71. The van der Waals surface area contributed by atoms with Gasteiger partial charge in [0.25, 0.3) is 0 Å². The van der Waals surface area contributed by atoms with E-state index in [-0.39, 0.29) is 0 Å². The molecular formula is C33H47NO2Sn. The Balaban J connectivity index is 1.78. The summed E-state index contributed by atoms with van der Waals surface area (Å²) in [6.07, 6.45) is 9.73. The molecule has 0 saturated heterocycles. The van der Waals surface area contributed by atoms with Crippen molar-refractivity contribution in [1.29, 1.82) is 0 Å². The molecule has 3 aromatic carbocycles. The molecule has 0 saturated carbocycles. The number of anilines is 3. The predicted octanol–water partition coefficient (Wildman–Crippen LogP) is 9.62. The average Bonchev–Trinajstić information content (AvgIpc) is 2.90. The van der Waals surface area contributed by atoms with Crippen LogP contribution in [0, 0.1) is 0 Å². The molecule has 0 aliphatic heterocycles. The Bertz CT molecular complexity index is 966. The van der Waals surface area contributed by atoms with E-state index in [4.69, 9.17) is 9.47 Å². The van der Waals surface area contributed by atoms with Crippen molar-refractivity contribution in [2.75, 3.05) is 18.1 Å². The van der Waals surface area contributed by atoms with Gasteiger partial charge in [-0.3, -0.25) is 0 Å². The van der Waals surface area contributed by atoms with Crippen LogP contribution in [0.5, 0.6) is 11.5 Å². The Kier molecular flexibility index (Phi) is 12.2. The standard InChI is InChI=1S/C30H38NO2.3CH3.Sn/c1-3-5-7-12-24-32-29-20-16-27(17-21-29)31(26-14-10-9-11-15-26)28-18-22-30(23-19-28)33-25-13-8-6-4-2;;;;/h10-11,14-23H,3-8,12-13,24-25H2,1-2H3;3*1H3;. The van der Waals surface area contributed by atoms with Crippen LogP contribution in [-0.2, 0) is 0 Å². The zero-order chi connectivity index (χ0) is 26.5. The molecule has 37 heavy (non-hydrogen) atoms. The van der Waals surface area contributed by atoms with Crippen molar-refractivity contribution in [1.82, 2.24) is 0 Å². The molecule has 4 heteroatoms. The monoisotopic (exact) mass is 609 g/mol. The molecule has 3 nitrogen and oxygen atoms in total. The normalized spacial score (nSPS) is 11.4. The van der Waals surface area contributed by atoms with E-state index in [1.807, 2.05) is 0 Å². The van der Waals surface area contributed by atoms with Gasteiger partial charge >= 0.3 is 179 Å². The van der Waals surface area contributed by atoms with E-state index >= 15 is 0 Å². The quantitative estimate of drug-likeness (QED) is 0.119. The molecule has 0 heterocycles. The van der Waals surface area contributed by atoms with E-state index < -0.39 is 18.4 Å². The Hall–Kier alpha value is -2.14. The van der Waals surface area contributed by atoms with Crippen molar-refractivity contribution in [2.24, 2.45) is 0 Å². The molecule has 0 unspecified atom stereocenters. The summed E-state index contributed by atoms with van der Waals surface area (Å²) in [5.41, 5.74) is 3.41. The Morgan fingerprint density at radius 3 is 1.24 bits per heavy atom. The summed E-state index contributed by atoms with van der Waals surface area (Å²) in [6.45, 7) is 6.03. The number of benzene rings is 3. The summed E-state index contributed by atoms with van der Waals surface area (Å²) in [4.78, 5) is 9.70. The van der Waals surface area contributed by atoms with Crippen molar-refractivity contribution >= 4 is 39.0 Å². The molecule has 0 amide bonds. The van der Waals surface area contributed by atoms with Gasteiger partial charge in [-0.15, -0.1) is 0 Å². The van der Waals surface area contributed by atoms with E-state index in [1.165, 1.54) is 47.8 Å². The summed E-state index contributed by atoms with van der Waals surface area (Å²) in [5, 5.41) is 0. The van der Waals surface area contributed by atoms with Gasteiger partial charge in [-0.05, 0) is 0 Å². The third-order valence-corrected chi connectivity index (χ3v) is 12.6. The first-order valence-corrected chi connectivity index (χ1v) is 24.3. The molecule has 0 spiro atoms. The second kappa shape index (κ2) is 15.3. The van der Waals surface area contributed by atoms with E-state index in [1.54, 1.807) is 0 Å². The number of unbranched alkanes of at least 4 members (excludes halogenated alkanes) is 6. The third kappa shape index (κ3) is 9.59. The Labute approximate surface area is 230 Å². The van der Waals surface area contributed by atoms with Crippen LogP contribution >= 0.6 is 0 Å². The summed E-state index contributed by atoms with van der Waals surface area (Å²) < 4.78 is 13.5. The molecule has 0 aliphatic rings. The summed E-state index contributed by atoms with van der Waals surface area (Å²) >= 11 is -2.12. The van der Waals surface area contributed by atoms with Crippen LogP contribution in [0.15, 0.2) is 72.8 Å². The topological polar surface area (TPSA) is 21.7 Å². The van der Waals surface area contributed by atoms with Gasteiger partial charge in [-0.25, -0.2) is 0 Å². The number of hydrogen-bond donors (Lipinski definition) is 0. The van der Waals surface area contributed by atoms with Gasteiger partial charge in [0.15, 0.2) is 0 Å². The molecular weight excluding hydrogens is 561 g/mol. The van der Waals surface area contributed by atoms with Gasteiger partial charge < -0.3 is 0 Å². The fourth-order valence-corrected chi connectivity index (χ4v) is 7.71. The zero-order valence-corrected chi connectivity index (χ0v) is 26.6. The fourth-order valence-electron chi connectivity index (χ4n) is 4.38. The first-order valence-electron chi connectivity index (χ1n) is 14.3. The molecule has 0 aliphatic carbocycles. The van der Waals surface area contributed by atoms with Crippen LogP contribution < -0.4 is 18.0 Å². The number of rotatable bonds is 16. The van der Waals surface area contributed by atoms with Gasteiger partial charge in [0.1, 0.15) is 0 Å². The van der Waals surface area contributed by atoms with Crippen LogP contribution in [0.3, 0.4) is 0 Å². The molecule has 200 valence electrons. The zero-order valence-electron chi connectivity index (χ0n) is 23.8. The minimum absolute atomic E-state index is 0.781. The van der Waals surface area contributed by atoms with Crippen LogP contribution in [0.1, 0.15) is 65.2 Å². The van der Waals surface area contributed by atoms with Crippen molar-refractivity contribution in [3.8, 4) is 11.5 Å². The molecule has 0 fully saturated rings. The van der Waals surface area contributed by atoms with Crippen molar-refractivity contribution in [2.45, 2.75) is 80.0 Å². The second-order valence-corrected chi connectivity index (χ2v) is 25.4. The molecule has 0 N–H and O–H groups in total. The Morgan fingerprint density at radius 2 is 0.892 bits per heavy atom. The maximum absolute atomic E-state index is 6.00. The summed E-state index contributed by atoms with van der Waals surface area (Å²) in [5.74, 6) is 1.87. The van der Waals surface area contributed by atoms with Gasteiger partial charge in [-0.1, -0.05) is 52.4 Å². The van der Waals surface area contributed by atoms with Gasteiger partial charge in [0.05, 0.1) is 0 Å². The fraction of sp³-hybridized carbons (Fsp3) is 0.455. The first kappa shape index (κ1) is 29.4. The van der Waals surface area contributed by atoms with E-state index in [0.29, 0.717) is 0 Å². The number of ether oxygens (including phenoxy) is 2. The second-order valence-electron chi connectivity index (χ2n) is 10.9. The van der Waals surface area contributed by atoms with Crippen LogP contribution in [-0.4, -0.2) is 31.6 Å².